The standard InChI is InChI=1S/C23H31N5O2/c29-21(3-9-30-14-18-2-6-24-18)26-7-8-28-20(13-26)11-17-10-19(12-25-22(17)28)27-15-23(16-27)4-1-5-23/h10-12,18,24H,1-9,13-16H2. The molecule has 1 spiro atoms. The lowest BCUT2D eigenvalue weighted by Gasteiger charge is -2.56. The molecule has 160 valence electrons. The molecule has 0 radical (unpaired) electrons. The number of nitrogens with one attached hydrogen (secondary N) is 1. The second-order valence-corrected chi connectivity index (χ2v) is 9.68. The Bertz CT molecular complexity index is 954. The maximum Gasteiger partial charge on any atom is 0.225 e. The highest BCUT2D eigenvalue weighted by Crippen LogP contribution is 2.49. The van der Waals surface area contributed by atoms with Crippen LogP contribution < -0.4 is 10.2 Å². The van der Waals surface area contributed by atoms with Gasteiger partial charge in [0.1, 0.15) is 5.65 Å². The van der Waals surface area contributed by atoms with Crippen LogP contribution in [0.3, 0.4) is 0 Å². The first-order valence-corrected chi connectivity index (χ1v) is 11.5. The minimum Gasteiger partial charge on any atom is -0.379 e. The van der Waals surface area contributed by atoms with E-state index in [1.165, 1.54) is 55.5 Å². The second-order valence-electron chi connectivity index (χ2n) is 9.68. The molecule has 0 aromatic carbocycles. The van der Waals surface area contributed by atoms with Crippen molar-refractivity contribution >= 4 is 22.6 Å². The number of amides is 1. The van der Waals surface area contributed by atoms with Gasteiger partial charge in [0.15, 0.2) is 0 Å². The third-order valence-electron chi connectivity index (χ3n) is 7.64. The predicted molar refractivity (Wildman–Crippen MR) is 115 cm³/mol. The summed E-state index contributed by atoms with van der Waals surface area (Å²) in [6, 6.07) is 5.00. The fourth-order valence-electron chi connectivity index (χ4n) is 5.42. The van der Waals surface area contributed by atoms with Gasteiger partial charge in [-0.3, -0.25) is 4.79 Å². The number of ether oxygens (including phenoxy) is 1. The van der Waals surface area contributed by atoms with Gasteiger partial charge in [-0.1, -0.05) is 6.42 Å². The van der Waals surface area contributed by atoms with Crippen molar-refractivity contribution in [2.45, 2.75) is 51.2 Å². The Hall–Kier alpha value is -2.12. The molecule has 1 aliphatic carbocycles. The van der Waals surface area contributed by atoms with Crippen molar-refractivity contribution in [3.63, 3.8) is 0 Å². The van der Waals surface area contributed by atoms with Crippen molar-refractivity contribution in [3.05, 3.63) is 24.0 Å². The normalized spacial score (nSPS) is 24.3. The van der Waals surface area contributed by atoms with Crippen LogP contribution in [0, 0.1) is 5.41 Å². The minimum absolute atomic E-state index is 0.188. The fraction of sp³-hybridized carbons (Fsp3) is 0.652. The number of hydrogen-bond donors (Lipinski definition) is 1. The maximum atomic E-state index is 12.6. The first-order chi connectivity index (χ1) is 14.7. The van der Waals surface area contributed by atoms with E-state index in [2.05, 4.69) is 26.9 Å². The minimum atomic E-state index is 0.188. The number of nitrogens with zero attached hydrogens (tertiary/aromatic N) is 4. The van der Waals surface area contributed by atoms with Gasteiger partial charge in [0.05, 0.1) is 38.1 Å². The van der Waals surface area contributed by atoms with Crippen molar-refractivity contribution in [2.75, 3.05) is 44.3 Å². The second kappa shape index (κ2) is 7.24. The van der Waals surface area contributed by atoms with Gasteiger partial charge in [0, 0.05) is 48.7 Å². The number of pyridine rings is 1. The van der Waals surface area contributed by atoms with Crippen LogP contribution in [-0.4, -0.2) is 65.8 Å². The number of carbonyl (C=O) groups is 1. The zero-order chi connectivity index (χ0) is 20.1. The van der Waals surface area contributed by atoms with Crippen molar-refractivity contribution in [3.8, 4) is 0 Å². The van der Waals surface area contributed by atoms with E-state index in [1.807, 2.05) is 11.1 Å². The predicted octanol–water partition coefficient (Wildman–Crippen LogP) is 2.14. The molecule has 7 heteroatoms. The Labute approximate surface area is 177 Å². The largest absolute Gasteiger partial charge is 0.379 e. The Balaban J connectivity index is 1.08. The summed E-state index contributed by atoms with van der Waals surface area (Å²) in [5.74, 6) is 0.188. The van der Waals surface area contributed by atoms with Gasteiger partial charge in [-0.25, -0.2) is 4.98 Å². The highest BCUT2D eigenvalue weighted by molar-refractivity contribution is 5.82. The lowest BCUT2D eigenvalue weighted by atomic mass is 9.63. The van der Waals surface area contributed by atoms with Gasteiger partial charge < -0.3 is 24.4 Å². The first kappa shape index (κ1) is 18.6. The monoisotopic (exact) mass is 409 g/mol. The van der Waals surface area contributed by atoms with E-state index in [0.717, 1.165) is 25.3 Å². The molecule has 1 saturated carbocycles. The Kier molecular flexibility index (Phi) is 4.49. The number of aromatic nitrogens is 2. The summed E-state index contributed by atoms with van der Waals surface area (Å²) in [4.78, 5) is 21.9. The number of fused-ring (bicyclic) bond motifs is 3. The topological polar surface area (TPSA) is 62.6 Å². The maximum absolute atomic E-state index is 12.6. The van der Waals surface area contributed by atoms with E-state index in [-0.39, 0.29) is 5.91 Å². The van der Waals surface area contributed by atoms with Crippen LogP contribution in [0.2, 0.25) is 0 Å². The Morgan fingerprint density at radius 1 is 1.27 bits per heavy atom. The summed E-state index contributed by atoms with van der Waals surface area (Å²) >= 11 is 0. The number of rotatable bonds is 6. The van der Waals surface area contributed by atoms with Crippen LogP contribution in [0.4, 0.5) is 5.69 Å². The quantitative estimate of drug-likeness (QED) is 0.741. The molecule has 1 N–H and O–H groups in total. The van der Waals surface area contributed by atoms with E-state index in [0.29, 0.717) is 37.6 Å². The van der Waals surface area contributed by atoms with Gasteiger partial charge in [0.2, 0.25) is 5.91 Å². The Morgan fingerprint density at radius 3 is 2.87 bits per heavy atom. The zero-order valence-corrected chi connectivity index (χ0v) is 17.6. The molecular weight excluding hydrogens is 378 g/mol. The summed E-state index contributed by atoms with van der Waals surface area (Å²) < 4.78 is 7.95. The SMILES string of the molecule is O=C(CCOCC1CCN1)N1CCn2c(cc3cc(N4CC5(CCC5)C4)cnc32)C1. The average molecular weight is 410 g/mol. The molecule has 4 aliphatic rings. The number of hydrogen-bond acceptors (Lipinski definition) is 5. The van der Waals surface area contributed by atoms with Gasteiger partial charge in [-0.2, -0.15) is 0 Å². The summed E-state index contributed by atoms with van der Waals surface area (Å²) in [5.41, 5.74) is 4.10. The highest BCUT2D eigenvalue weighted by atomic mass is 16.5. The van der Waals surface area contributed by atoms with Crippen LogP contribution in [0.25, 0.3) is 11.0 Å². The first-order valence-electron chi connectivity index (χ1n) is 11.5. The van der Waals surface area contributed by atoms with E-state index < -0.39 is 0 Å². The van der Waals surface area contributed by atoms with Gasteiger partial charge in [0.25, 0.3) is 0 Å². The molecule has 1 amide bonds. The molecule has 7 nitrogen and oxygen atoms in total. The van der Waals surface area contributed by atoms with Gasteiger partial charge in [-0.05, 0) is 37.9 Å². The lowest BCUT2D eigenvalue weighted by molar-refractivity contribution is -0.133. The van der Waals surface area contributed by atoms with Crippen LogP contribution in [0.15, 0.2) is 18.3 Å². The van der Waals surface area contributed by atoms with E-state index in [4.69, 9.17) is 9.72 Å². The molecule has 3 aliphatic heterocycles. The summed E-state index contributed by atoms with van der Waals surface area (Å²) in [6.07, 6.45) is 7.87. The molecule has 5 heterocycles. The molecule has 6 rings (SSSR count). The molecule has 2 aromatic heterocycles. The molecular formula is C23H31N5O2. The van der Waals surface area contributed by atoms with Crippen molar-refractivity contribution < 1.29 is 9.53 Å². The molecule has 1 atom stereocenters. The highest BCUT2D eigenvalue weighted by Gasteiger charge is 2.47. The summed E-state index contributed by atoms with van der Waals surface area (Å²) in [6.45, 7) is 6.93. The van der Waals surface area contributed by atoms with Gasteiger partial charge in [-0.15, -0.1) is 0 Å². The van der Waals surface area contributed by atoms with Crippen molar-refractivity contribution in [2.24, 2.45) is 5.41 Å². The third-order valence-corrected chi connectivity index (χ3v) is 7.64. The smallest absolute Gasteiger partial charge is 0.225 e. The van der Waals surface area contributed by atoms with E-state index >= 15 is 0 Å². The molecule has 2 aromatic rings. The van der Waals surface area contributed by atoms with Crippen molar-refractivity contribution in [1.29, 1.82) is 0 Å². The third kappa shape index (κ3) is 3.19. The van der Waals surface area contributed by atoms with E-state index in [9.17, 15) is 4.79 Å². The molecule has 3 fully saturated rings. The van der Waals surface area contributed by atoms with Crippen LogP contribution in [0.5, 0.6) is 0 Å². The number of anilines is 1. The molecule has 30 heavy (non-hydrogen) atoms. The van der Waals surface area contributed by atoms with Crippen LogP contribution >= 0.6 is 0 Å². The van der Waals surface area contributed by atoms with Crippen LogP contribution in [0.1, 0.15) is 37.8 Å². The summed E-state index contributed by atoms with van der Waals surface area (Å²) in [7, 11) is 0. The average Bonchev–Trinajstić information content (AvgIpc) is 3.01. The molecule has 1 unspecified atom stereocenters. The van der Waals surface area contributed by atoms with Crippen molar-refractivity contribution in [1.82, 2.24) is 19.8 Å². The van der Waals surface area contributed by atoms with E-state index in [1.54, 1.807) is 0 Å². The lowest BCUT2D eigenvalue weighted by Crippen LogP contribution is -2.59. The molecule has 0 bridgehead atoms. The number of carbonyl (C=O) groups excluding carboxylic acids is 1. The fourth-order valence-corrected chi connectivity index (χ4v) is 5.42. The van der Waals surface area contributed by atoms with Crippen LogP contribution in [-0.2, 0) is 22.6 Å². The Morgan fingerprint density at radius 2 is 2.13 bits per heavy atom. The molecule has 2 saturated heterocycles. The van der Waals surface area contributed by atoms with Gasteiger partial charge >= 0.3 is 0 Å². The summed E-state index contributed by atoms with van der Waals surface area (Å²) in [5, 5.41) is 4.51. The zero-order valence-electron chi connectivity index (χ0n) is 17.6.